The van der Waals surface area contributed by atoms with E-state index in [1.165, 1.54) is 0 Å². The number of nitrogens with one attached hydrogen (secondary N) is 1. The average Bonchev–Trinajstić information content (AvgIpc) is 2.71. The van der Waals surface area contributed by atoms with Crippen molar-refractivity contribution in [3.05, 3.63) is 48.5 Å². The lowest BCUT2D eigenvalue weighted by Crippen LogP contribution is -2.52. The van der Waals surface area contributed by atoms with Crippen LogP contribution in [-0.2, 0) is 9.59 Å². The summed E-state index contributed by atoms with van der Waals surface area (Å²) in [6.07, 6.45) is -0.174. The Hall–Kier alpha value is -3.06. The Labute approximate surface area is 163 Å². The lowest BCUT2D eigenvalue weighted by Gasteiger charge is -2.35. The Kier molecular flexibility index (Phi) is 4.92. The molecule has 2 aliphatic heterocycles. The van der Waals surface area contributed by atoms with Crippen LogP contribution in [0.15, 0.2) is 48.5 Å². The molecule has 146 valence electrons. The highest BCUT2D eigenvalue weighted by atomic mass is 16.6. The molecule has 0 aromatic heterocycles. The second kappa shape index (κ2) is 7.52. The number of hydrogen-bond donors (Lipinski definition) is 1. The minimum atomic E-state index is -0.417. The number of carbonyl (C=O) groups excluding carboxylic acids is 2. The monoisotopic (exact) mass is 381 g/mol. The molecular formula is C21H23N3O4. The van der Waals surface area contributed by atoms with Crippen LogP contribution in [0.5, 0.6) is 11.5 Å². The van der Waals surface area contributed by atoms with Crippen molar-refractivity contribution in [3.63, 3.8) is 0 Å². The summed E-state index contributed by atoms with van der Waals surface area (Å²) in [6, 6.07) is 14.5. The van der Waals surface area contributed by atoms with Gasteiger partial charge in [0.15, 0.2) is 11.5 Å². The van der Waals surface area contributed by atoms with Gasteiger partial charge in [0, 0.05) is 6.54 Å². The standard InChI is InChI=1S/C21H23N3O4/c1-14(21(26)24-12-20(25)22-16-7-3-4-8-17(16)24)23(2)11-15-13-27-18-9-5-6-10-19(18)28-15/h3-10,14-15H,11-13H2,1-2H3,(H,22,25). The molecule has 2 aromatic rings. The van der Waals surface area contributed by atoms with Crippen molar-refractivity contribution in [3.8, 4) is 11.5 Å². The lowest BCUT2D eigenvalue weighted by molar-refractivity contribution is -0.125. The molecule has 0 radical (unpaired) electrons. The quantitative estimate of drug-likeness (QED) is 0.879. The molecule has 28 heavy (non-hydrogen) atoms. The van der Waals surface area contributed by atoms with E-state index in [-0.39, 0.29) is 24.5 Å². The van der Waals surface area contributed by atoms with Crippen molar-refractivity contribution >= 4 is 23.2 Å². The van der Waals surface area contributed by atoms with Crippen LogP contribution in [0.4, 0.5) is 11.4 Å². The first kappa shape index (κ1) is 18.3. The third kappa shape index (κ3) is 3.53. The lowest BCUT2D eigenvalue weighted by atomic mass is 10.1. The molecule has 2 aliphatic rings. The second-order valence-corrected chi connectivity index (χ2v) is 7.10. The second-order valence-electron chi connectivity index (χ2n) is 7.10. The summed E-state index contributed by atoms with van der Waals surface area (Å²) in [5, 5.41) is 2.81. The minimum absolute atomic E-state index is 0.0183. The number of rotatable bonds is 4. The fraction of sp³-hybridized carbons (Fsp3) is 0.333. The predicted molar refractivity (Wildman–Crippen MR) is 106 cm³/mol. The Morgan fingerprint density at radius 3 is 2.75 bits per heavy atom. The van der Waals surface area contributed by atoms with E-state index in [1.807, 2.05) is 61.3 Å². The zero-order valence-corrected chi connectivity index (χ0v) is 15.9. The molecule has 2 amide bonds. The van der Waals surface area contributed by atoms with Crippen molar-refractivity contribution in [1.82, 2.24) is 4.90 Å². The van der Waals surface area contributed by atoms with Crippen LogP contribution in [-0.4, -0.2) is 55.6 Å². The number of ether oxygens (including phenoxy) is 2. The molecule has 1 N–H and O–H groups in total. The van der Waals surface area contributed by atoms with Gasteiger partial charge in [0.05, 0.1) is 17.4 Å². The van der Waals surface area contributed by atoms with Crippen molar-refractivity contribution in [2.75, 3.05) is 37.0 Å². The summed E-state index contributed by atoms with van der Waals surface area (Å²) in [4.78, 5) is 28.6. The molecule has 7 heteroatoms. The molecule has 2 atom stereocenters. The van der Waals surface area contributed by atoms with E-state index in [9.17, 15) is 9.59 Å². The third-order valence-electron chi connectivity index (χ3n) is 5.11. The SMILES string of the molecule is CC(C(=O)N1CC(=O)Nc2ccccc21)N(C)CC1COc2ccccc2O1. The van der Waals surface area contributed by atoms with E-state index in [2.05, 4.69) is 5.32 Å². The highest BCUT2D eigenvalue weighted by molar-refractivity contribution is 6.11. The van der Waals surface area contributed by atoms with Crippen LogP contribution in [0, 0.1) is 0 Å². The van der Waals surface area contributed by atoms with Crippen molar-refractivity contribution in [2.45, 2.75) is 19.1 Å². The van der Waals surface area contributed by atoms with E-state index < -0.39 is 6.04 Å². The Morgan fingerprint density at radius 2 is 1.93 bits per heavy atom. The van der Waals surface area contributed by atoms with Gasteiger partial charge in [-0.1, -0.05) is 24.3 Å². The normalized spacial score (nSPS) is 19.0. The zero-order valence-electron chi connectivity index (χ0n) is 15.9. The first-order valence-electron chi connectivity index (χ1n) is 9.32. The Bertz CT molecular complexity index is 901. The van der Waals surface area contributed by atoms with Crippen molar-refractivity contribution < 1.29 is 19.1 Å². The third-order valence-corrected chi connectivity index (χ3v) is 5.11. The number of para-hydroxylation sites is 4. The molecule has 0 aliphatic carbocycles. The van der Waals surface area contributed by atoms with Gasteiger partial charge in [-0.25, -0.2) is 0 Å². The van der Waals surface area contributed by atoms with Gasteiger partial charge in [-0.15, -0.1) is 0 Å². The fourth-order valence-corrected chi connectivity index (χ4v) is 3.48. The summed E-state index contributed by atoms with van der Waals surface area (Å²) in [5.41, 5.74) is 1.38. The molecular weight excluding hydrogens is 358 g/mol. The van der Waals surface area contributed by atoms with Crippen LogP contribution >= 0.6 is 0 Å². The van der Waals surface area contributed by atoms with E-state index >= 15 is 0 Å². The van der Waals surface area contributed by atoms with Crippen LogP contribution in [0.1, 0.15) is 6.92 Å². The van der Waals surface area contributed by atoms with Crippen LogP contribution in [0.25, 0.3) is 0 Å². The summed E-state index contributed by atoms with van der Waals surface area (Å²) in [6.45, 7) is 2.82. The van der Waals surface area contributed by atoms with Gasteiger partial charge in [0.1, 0.15) is 19.3 Å². The zero-order chi connectivity index (χ0) is 19.7. The van der Waals surface area contributed by atoms with Gasteiger partial charge in [-0.3, -0.25) is 19.4 Å². The molecule has 0 saturated carbocycles. The molecule has 0 fully saturated rings. The van der Waals surface area contributed by atoms with Gasteiger partial charge in [-0.2, -0.15) is 0 Å². The van der Waals surface area contributed by atoms with Crippen LogP contribution in [0.2, 0.25) is 0 Å². The summed E-state index contributed by atoms with van der Waals surface area (Å²) in [7, 11) is 1.88. The number of nitrogens with zero attached hydrogens (tertiary/aromatic N) is 2. The molecule has 0 saturated heterocycles. The highest BCUT2D eigenvalue weighted by Gasteiger charge is 2.32. The van der Waals surface area contributed by atoms with Gasteiger partial charge in [0.25, 0.3) is 0 Å². The first-order valence-corrected chi connectivity index (χ1v) is 9.32. The van der Waals surface area contributed by atoms with E-state index in [1.54, 1.807) is 11.0 Å². The first-order chi connectivity index (χ1) is 13.5. The number of fused-ring (bicyclic) bond motifs is 2. The molecule has 0 bridgehead atoms. The van der Waals surface area contributed by atoms with E-state index in [0.29, 0.717) is 24.6 Å². The number of carbonyl (C=O) groups is 2. The maximum Gasteiger partial charge on any atom is 0.244 e. The van der Waals surface area contributed by atoms with Crippen molar-refractivity contribution in [1.29, 1.82) is 0 Å². The van der Waals surface area contributed by atoms with Gasteiger partial charge in [0.2, 0.25) is 11.8 Å². The predicted octanol–water partition coefficient (Wildman–Crippen LogP) is 2.13. The maximum absolute atomic E-state index is 13.1. The highest BCUT2D eigenvalue weighted by Crippen LogP contribution is 2.32. The number of anilines is 2. The molecule has 4 rings (SSSR count). The molecule has 7 nitrogen and oxygen atoms in total. The van der Waals surface area contributed by atoms with E-state index in [0.717, 1.165) is 11.4 Å². The molecule has 2 aromatic carbocycles. The summed E-state index contributed by atoms with van der Waals surface area (Å²) in [5.74, 6) is 1.14. The number of likely N-dealkylation sites (N-methyl/N-ethyl adjacent to an activating group) is 1. The fourth-order valence-electron chi connectivity index (χ4n) is 3.48. The molecule has 0 spiro atoms. The average molecular weight is 381 g/mol. The van der Waals surface area contributed by atoms with E-state index in [4.69, 9.17) is 9.47 Å². The summed E-state index contributed by atoms with van der Waals surface area (Å²) < 4.78 is 11.7. The minimum Gasteiger partial charge on any atom is -0.486 e. The molecule has 2 unspecified atom stereocenters. The maximum atomic E-state index is 13.1. The topological polar surface area (TPSA) is 71.1 Å². The number of amides is 2. The Balaban J connectivity index is 1.44. The van der Waals surface area contributed by atoms with Crippen LogP contribution < -0.4 is 19.7 Å². The van der Waals surface area contributed by atoms with Crippen LogP contribution in [0.3, 0.4) is 0 Å². The number of benzene rings is 2. The van der Waals surface area contributed by atoms with Gasteiger partial charge < -0.3 is 14.8 Å². The van der Waals surface area contributed by atoms with Gasteiger partial charge >= 0.3 is 0 Å². The smallest absolute Gasteiger partial charge is 0.244 e. The number of hydrogen-bond acceptors (Lipinski definition) is 5. The summed E-state index contributed by atoms with van der Waals surface area (Å²) >= 11 is 0. The largest absolute Gasteiger partial charge is 0.486 e. The van der Waals surface area contributed by atoms with Gasteiger partial charge in [-0.05, 0) is 38.2 Å². The van der Waals surface area contributed by atoms with Crippen molar-refractivity contribution in [2.24, 2.45) is 0 Å². The molecule has 2 heterocycles. The Morgan fingerprint density at radius 1 is 1.21 bits per heavy atom.